The number of esters is 1. The first-order valence-corrected chi connectivity index (χ1v) is 5.90. The normalized spacial score (nSPS) is 10.3. The molecule has 0 aliphatic heterocycles. The van der Waals surface area contributed by atoms with Crippen LogP contribution in [0.5, 0.6) is 0 Å². The molecule has 0 saturated heterocycles. The van der Waals surface area contributed by atoms with Crippen molar-refractivity contribution in [2.24, 2.45) is 5.84 Å². The van der Waals surface area contributed by atoms with E-state index in [1.165, 1.54) is 25.7 Å². The number of nitrogens with two attached hydrogens (primary N) is 1. The Kier molecular flexibility index (Phi) is 11.0. The molecule has 0 aromatic carbocycles. The van der Waals surface area contributed by atoms with Crippen molar-refractivity contribution in [2.75, 3.05) is 13.2 Å². The number of unbranched alkanes of at least 4 members (excludes halogenated alkanes) is 5. The van der Waals surface area contributed by atoms with Crippen molar-refractivity contribution >= 4 is 5.97 Å². The van der Waals surface area contributed by atoms with Gasteiger partial charge in [-0.1, -0.05) is 39.0 Å². The van der Waals surface area contributed by atoms with E-state index in [0.29, 0.717) is 19.6 Å². The lowest BCUT2D eigenvalue weighted by molar-refractivity contribution is -0.143. The molecule has 0 heterocycles. The number of carbonyl (C=O) groups is 1. The van der Waals surface area contributed by atoms with E-state index in [2.05, 4.69) is 12.3 Å². The lowest BCUT2D eigenvalue weighted by Crippen LogP contribution is -2.27. The van der Waals surface area contributed by atoms with Crippen LogP contribution in [0.1, 0.15) is 51.9 Å². The van der Waals surface area contributed by atoms with Gasteiger partial charge in [-0.25, -0.2) is 0 Å². The van der Waals surface area contributed by atoms with Gasteiger partial charge in [-0.05, 0) is 6.42 Å². The average molecular weight is 216 g/mol. The van der Waals surface area contributed by atoms with Crippen molar-refractivity contribution in [3.05, 3.63) is 0 Å². The van der Waals surface area contributed by atoms with Gasteiger partial charge in [-0.15, -0.1) is 0 Å². The molecule has 0 amide bonds. The number of rotatable bonds is 10. The van der Waals surface area contributed by atoms with Gasteiger partial charge >= 0.3 is 5.97 Å². The zero-order chi connectivity index (χ0) is 11.4. The number of hydrazine groups is 1. The van der Waals surface area contributed by atoms with Gasteiger partial charge in [0.15, 0.2) is 0 Å². The van der Waals surface area contributed by atoms with Crippen LogP contribution in [0, 0.1) is 0 Å². The van der Waals surface area contributed by atoms with E-state index >= 15 is 0 Å². The highest BCUT2D eigenvalue weighted by atomic mass is 16.5. The van der Waals surface area contributed by atoms with Crippen LogP contribution in [0.15, 0.2) is 0 Å². The SMILES string of the molecule is CCCCCCCCC(=O)OCCNN. The van der Waals surface area contributed by atoms with Crippen molar-refractivity contribution in [1.82, 2.24) is 5.43 Å². The monoisotopic (exact) mass is 216 g/mol. The van der Waals surface area contributed by atoms with Gasteiger partial charge in [0.05, 0.1) is 0 Å². The van der Waals surface area contributed by atoms with Crippen LogP contribution in [0.25, 0.3) is 0 Å². The highest BCUT2D eigenvalue weighted by Crippen LogP contribution is 2.07. The van der Waals surface area contributed by atoms with E-state index in [1.807, 2.05) is 0 Å². The second-order valence-corrected chi connectivity index (χ2v) is 3.69. The Labute approximate surface area is 92.5 Å². The van der Waals surface area contributed by atoms with Gasteiger partial charge in [0.1, 0.15) is 6.61 Å². The second kappa shape index (κ2) is 11.5. The van der Waals surface area contributed by atoms with E-state index in [9.17, 15) is 4.79 Å². The fraction of sp³-hybridized carbons (Fsp3) is 0.909. The molecule has 0 aliphatic rings. The molecule has 0 aliphatic carbocycles. The first-order chi connectivity index (χ1) is 7.31. The quantitative estimate of drug-likeness (QED) is 0.253. The molecular weight excluding hydrogens is 192 g/mol. The largest absolute Gasteiger partial charge is 0.464 e. The van der Waals surface area contributed by atoms with Gasteiger partial charge in [0.25, 0.3) is 0 Å². The maximum atomic E-state index is 11.1. The van der Waals surface area contributed by atoms with Crippen molar-refractivity contribution in [3.63, 3.8) is 0 Å². The second-order valence-electron chi connectivity index (χ2n) is 3.69. The summed E-state index contributed by atoms with van der Waals surface area (Å²) in [6.45, 7) is 3.08. The summed E-state index contributed by atoms with van der Waals surface area (Å²) in [6.07, 6.45) is 7.67. The van der Waals surface area contributed by atoms with Crippen LogP contribution in [0.4, 0.5) is 0 Å². The van der Waals surface area contributed by atoms with Gasteiger partial charge in [-0.2, -0.15) is 0 Å². The third-order valence-corrected chi connectivity index (χ3v) is 2.24. The zero-order valence-electron chi connectivity index (χ0n) is 9.76. The number of carbonyl (C=O) groups excluding carboxylic acids is 1. The molecule has 0 spiro atoms. The summed E-state index contributed by atoms with van der Waals surface area (Å²) in [5.41, 5.74) is 2.44. The Hall–Kier alpha value is -0.610. The van der Waals surface area contributed by atoms with E-state index in [1.54, 1.807) is 0 Å². The summed E-state index contributed by atoms with van der Waals surface area (Å²) in [5.74, 6) is 4.93. The van der Waals surface area contributed by atoms with Gasteiger partial charge in [0, 0.05) is 13.0 Å². The minimum atomic E-state index is -0.110. The Morgan fingerprint density at radius 3 is 2.53 bits per heavy atom. The van der Waals surface area contributed by atoms with E-state index in [4.69, 9.17) is 10.6 Å². The summed E-state index contributed by atoms with van der Waals surface area (Å²) in [5, 5.41) is 0. The van der Waals surface area contributed by atoms with E-state index in [0.717, 1.165) is 12.8 Å². The molecule has 0 rings (SSSR count). The van der Waals surface area contributed by atoms with Gasteiger partial charge in [0.2, 0.25) is 0 Å². The predicted octanol–water partition coefficient (Wildman–Crippen LogP) is 1.74. The number of hydrogen-bond donors (Lipinski definition) is 2. The number of hydrogen-bond acceptors (Lipinski definition) is 4. The van der Waals surface area contributed by atoms with Gasteiger partial charge < -0.3 is 4.74 Å². The average Bonchev–Trinajstić information content (AvgIpc) is 2.23. The van der Waals surface area contributed by atoms with Crippen LogP contribution >= 0.6 is 0 Å². The van der Waals surface area contributed by atoms with Crippen LogP contribution in [0.3, 0.4) is 0 Å². The Bertz CT molecular complexity index is 152. The Morgan fingerprint density at radius 2 is 1.87 bits per heavy atom. The summed E-state index contributed by atoms with van der Waals surface area (Å²) < 4.78 is 4.93. The molecule has 0 fully saturated rings. The van der Waals surface area contributed by atoms with Gasteiger partial charge in [-0.3, -0.25) is 16.1 Å². The van der Waals surface area contributed by atoms with Crippen molar-refractivity contribution in [1.29, 1.82) is 0 Å². The molecule has 0 atom stereocenters. The highest BCUT2D eigenvalue weighted by molar-refractivity contribution is 5.69. The zero-order valence-corrected chi connectivity index (χ0v) is 9.76. The molecule has 0 radical (unpaired) electrons. The van der Waals surface area contributed by atoms with Crippen LogP contribution in [-0.4, -0.2) is 19.1 Å². The molecule has 3 N–H and O–H groups in total. The fourth-order valence-electron chi connectivity index (χ4n) is 1.35. The molecule has 90 valence electrons. The van der Waals surface area contributed by atoms with Crippen LogP contribution in [-0.2, 0) is 9.53 Å². The molecule has 0 bridgehead atoms. The summed E-state index contributed by atoms with van der Waals surface area (Å²) in [4.78, 5) is 11.1. The van der Waals surface area contributed by atoms with E-state index in [-0.39, 0.29) is 5.97 Å². The molecular formula is C11H24N2O2. The first-order valence-electron chi connectivity index (χ1n) is 5.90. The maximum Gasteiger partial charge on any atom is 0.305 e. The first kappa shape index (κ1) is 14.4. The Balaban J connectivity index is 3.10. The lowest BCUT2D eigenvalue weighted by atomic mass is 10.1. The molecule has 15 heavy (non-hydrogen) atoms. The molecule has 0 aromatic rings. The van der Waals surface area contributed by atoms with Crippen molar-refractivity contribution < 1.29 is 9.53 Å². The van der Waals surface area contributed by atoms with Crippen LogP contribution < -0.4 is 11.3 Å². The highest BCUT2D eigenvalue weighted by Gasteiger charge is 2.01. The number of ether oxygens (including phenoxy) is 1. The minimum Gasteiger partial charge on any atom is -0.464 e. The van der Waals surface area contributed by atoms with Crippen LogP contribution in [0.2, 0.25) is 0 Å². The third kappa shape index (κ3) is 11.3. The molecule has 0 unspecified atom stereocenters. The predicted molar refractivity (Wildman–Crippen MR) is 61.1 cm³/mol. The molecule has 0 aromatic heterocycles. The summed E-state index contributed by atoms with van der Waals surface area (Å²) in [7, 11) is 0. The minimum absolute atomic E-state index is 0.110. The standard InChI is InChI=1S/C11H24N2O2/c1-2-3-4-5-6-7-8-11(14)15-10-9-13-12/h13H,2-10,12H2,1H3. The molecule has 4 nitrogen and oxygen atoms in total. The lowest BCUT2D eigenvalue weighted by Gasteiger charge is -2.03. The maximum absolute atomic E-state index is 11.1. The fourth-order valence-corrected chi connectivity index (χ4v) is 1.35. The number of nitrogens with one attached hydrogen (secondary N) is 1. The summed E-state index contributed by atoms with van der Waals surface area (Å²) >= 11 is 0. The third-order valence-electron chi connectivity index (χ3n) is 2.24. The van der Waals surface area contributed by atoms with Crippen molar-refractivity contribution in [2.45, 2.75) is 51.9 Å². The summed E-state index contributed by atoms with van der Waals surface area (Å²) in [6, 6.07) is 0. The molecule has 4 heteroatoms. The topological polar surface area (TPSA) is 64.3 Å². The van der Waals surface area contributed by atoms with Crippen molar-refractivity contribution in [3.8, 4) is 0 Å². The molecule has 0 saturated carbocycles. The smallest absolute Gasteiger partial charge is 0.305 e. The Morgan fingerprint density at radius 1 is 1.20 bits per heavy atom. The van der Waals surface area contributed by atoms with E-state index < -0.39 is 0 Å².